The van der Waals surface area contributed by atoms with Gasteiger partial charge in [-0.15, -0.1) is 0 Å². The van der Waals surface area contributed by atoms with Crippen molar-refractivity contribution in [3.8, 4) is 0 Å². The highest BCUT2D eigenvalue weighted by molar-refractivity contribution is 9.10. The quantitative estimate of drug-likeness (QED) is 0.919. The summed E-state index contributed by atoms with van der Waals surface area (Å²) in [7, 11) is 1.98. The second-order valence-electron chi connectivity index (χ2n) is 4.42. The summed E-state index contributed by atoms with van der Waals surface area (Å²) in [6, 6.07) is 8.23. The molecule has 0 spiro atoms. The van der Waals surface area contributed by atoms with Crippen LogP contribution in [0.3, 0.4) is 0 Å². The lowest BCUT2D eigenvalue weighted by Crippen LogP contribution is -2.19. The number of rotatable bonds is 5. The van der Waals surface area contributed by atoms with Gasteiger partial charge in [-0.25, -0.2) is 9.97 Å². The highest BCUT2D eigenvalue weighted by Gasteiger charge is 2.05. The predicted octanol–water partition coefficient (Wildman–Crippen LogP) is 2.38. The van der Waals surface area contributed by atoms with E-state index < -0.39 is 0 Å². The molecule has 0 saturated carbocycles. The molecule has 2 aromatic rings. The molecule has 0 aliphatic rings. The molecule has 1 aromatic carbocycles. The summed E-state index contributed by atoms with van der Waals surface area (Å²) in [5.41, 5.74) is 7.79. The molecule has 4 nitrogen and oxygen atoms in total. The average Bonchev–Trinajstić information content (AvgIpc) is 2.40. The van der Waals surface area contributed by atoms with Crippen molar-refractivity contribution < 1.29 is 0 Å². The largest absolute Gasteiger partial charge is 0.340 e. The monoisotopic (exact) mass is 320 g/mol. The Kier molecular flexibility index (Phi) is 4.87. The van der Waals surface area contributed by atoms with Crippen molar-refractivity contribution in [3.05, 3.63) is 52.3 Å². The minimum absolute atomic E-state index is 0.622. The van der Waals surface area contributed by atoms with Crippen LogP contribution in [0, 0.1) is 0 Å². The van der Waals surface area contributed by atoms with Crippen molar-refractivity contribution in [1.29, 1.82) is 0 Å². The van der Waals surface area contributed by atoms with E-state index in [1.807, 2.05) is 36.5 Å². The molecular weight excluding hydrogens is 304 g/mol. The summed E-state index contributed by atoms with van der Waals surface area (Å²) in [4.78, 5) is 10.7. The second-order valence-corrected chi connectivity index (χ2v) is 5.33. The molecule has 0 bridgehead atoms. The molecule has 1 aromatic heterocycles. The highest BCUT2D eigenvalue weighted by atomic mass is 79.9. The zero-order valence-electron chi connectivity index (χ0n) is 10.9. The Balaban J connectivity index is 2.05. The highest BCUT2D eigenvalue weighted by Crippen LogP contribution is 2.15. The van der Waals surface area contributed by atoms with E-state index in [-0.39, 0.29) is 0 Å². The summed E-state index contributed by atoms with van der Waals surface area (Å²) in [6.07, 6.45) is 4.49. The first kappa shape index (κ1) is 14.0. The molecule has 0 radical (unpaired) electrons. The number of nitrogens with zero attached hydrogens (tertiary/aromatic N) is 3. The van der Waals surface area contributed by atoms with Crippen LogP contribution in [0.2, 0.25) is 0 Å². The second kappa shape index (κ2) is 6.63. The predicted molar refractivity (Wildman–Crippen MR) is 81.0 cm³/mol. The van der Waals surface area contributed by atoms with Gasteiger partial charge in [0.15, 0.2) is 0 Å². The van der Waals surface area contributed by atoms with Crippen molar-refractivity contribution in [2.75, 3.05) is 18.5 Å². The first-order chi connectivity index (χ1) is 9.19. The molecule has 2 rings (SSSR count). The average molecular weight is 321 g/mol. The Morgan fingerprint density at radius 3 is 2.58 bits per heavy atom. The van der Waals surface area contributed by atoms with Gasteiger partial charge in [-0.05, 0) is 36.2 Å². The molecule has 1 heterocycles. The first-order valence-electron chi connectivity index (χ1n) is 6.15. The molecule has 0 fully saturated rings. The third-order valence-electron chi connectivity index (χ3n) is 2.77. The summed E-state index contributed by atoms with van der Waals surface area (Å²) < 4.78 is 1.08. The van der Waals surface area contributed by atoms with E-state index in [1.165, 1.54) is 5.56 Å². The number of nitrogens with two attached hydrogens (primary N) is 1. The Morgan fingerprint density at radius 1 is 1.21 bits per heavy atom. The minimum atomic E-state index is 0.622. The van der Waals surface area contributed by atoms with Gasteiger partial charge in [0.05, 0.1) is 0 Å². The van der Waals surface area contributed by atoms with E-state index in [0.29, 0.717) is 6.54 Å². The van der Waals surface area contributed by atoms with Gasteiger partial charge in [0, 0.05) is 30.5 Å². The van der Waals surface area contributed by atoms with E-state index in [2.05, 4.69) is 38.0 Å². The molecule has 5 heteroatoms. The molecule has 0 aliphatic carbocycles. The molecule has 0 aliphatic heterocycles. The molecule has 0 saturated heterocycles. The standard InChI is InChI=1S/C14H17BrN4/c1-19(10-11-3-2-4-13(15)7-11)14-17-8-12(5-6-16)9-18-14/h2-4,7-9H,5-6,10,16H2,1H3. The molecule has 2 N–H and O–H groups in total. The van der Waals surface area contributed by atoms with E-state index >= 15 is 0 Å². The lowest BCUT2D eigenvalue weighted by atomic mass is 10.2. The number of aromatic nitrogens is 2. The summed E-state index contributed by atoms with van der Waals surface area (Å²) in [5.74, 6) is 0.723. The number of anilines is 1. The Morgan fingerprint density at radius 2 is 1.95 bits per heavy atom. The SMILES string of the molecule is CN(Cc1cccc(Br)c1)c1ncc(CCN)cn1. The van der Waals surface area contributed by atoms with Gasteiger partial charge < -0.3 is 10.6 Å². The maximum absolute atomic E-state index is 5.50. The fourth-order valence-electron chi connectivity index (χ4n) is 1.82. The molecule has 0 atom stereocenters. The lowest BCUT2D eigenvalue weighted by molar-refractivity contribution is 0.853. The maximum atomic E-state index is 5.50. The molecule has 0 unspecified atom stereocenters. The zero-order valence-corrected chi connectivity index (χ0v) is 12.5. The summed E-state index contributed by atoms with van der Waals surface area (Å²) in [6.45, 7) is 1.40. The van der Waals surface area contributed by atoms with Gasteiger partial charge in [0.2, 0.25) is 5.95 Å². The van der Waals surface area contributed by atoms with E-state index in [9.17, 15) is 0 Å². The summed E-state index contributed by atoms with van der Waals surface area (Å²) >= 11 is 3.47. The third-order valence-corrected chi connectivity index (χ3v) is 3.27. The van der Waals surface area contributed by atoms with E-state index in [4.69, 9.17) is 5.73 Å². The topological polar surface area (TPSA) is 55.0 Å². The van der Waals surface area contributed by atoms with Gasteiger partial charge in [-0.2, -0.15) is 0 Å². The van der Waals surface area contributed by atoms with E-state index in [1.54, 1.807) is 0 Å². The summed E-state index contributed by atoms with van der Waals surface area (Å²) in [5, 5.41) is 0. The van der Waals surface area contributed by atoms with Crippen molar-refractivity contribution in [2.45, 2.75) is 13.0 Å². The van der Waals surface area contributed by atoms with Crippen molar-refractivity contribution in [1.82, 2.24) is 9.97 Å². The molecular formula is C14H17BrN4. The number of halogens is 1. The minimum Gasteiger partial charge on any atom is -0.340 e. The van der Waals surface area contributed by atoms with Crippen LogP contribution >= 0.6 is 15.9 Å². The van der Waals surface area contributed by atoms with Gasteiger partial charge >= 0.3 is 0 Å². The molecule has 0 amide bonds. The van der Waals surface area contributed by atoms with Gasteiger partial charge in [-0.1, -0.05) is 28.1 Å². The van der Waals surface area contributed by atoms with Crippen LogP contribution in [0.4, 0.5) is 5.95 Å². The Bertz CT molecular complexity index is 527. The smallest absolute Gasteiger partial charge is 0.225 e. The van der Waals surface area contributed by atoms with Crippen LogP contribution in [-0.4, -0.2) is 23.6 Å². The fourth-order valence-corrected chi connectivity index (χ4v) is 2.27. The van der Waals surface area contributed by atoms with Crippen molar-refractivity contribution in [3.63, 3.8) is 0 Å². The van der Waals surface area contributed by atoms with Crippen LogP contribution in [-0.2, 0) is 13.0 Å². The fraction of sp³-hybridized carbons (Fsp3) is 0.286. The van der Waals surface area contributed by atoms with Crippen LogP contribution < -0.4 is 10.6 Å². The van der Waals surface area contributed by atoms with Gasteiger partial charge in [0.25, 0.3) is 0 Å². The normalized spacial score (nSPS) is 10.5. The van der Waals surface area contributed by atoms with Crippen LogP contribution in [0.25, 0.3) is 0 Å². The first-order valence-corrected chi connectivity index (χ1v) is 6.95. The van der Waals surface area contributed by atoms with Gasteiger partial charge in [-0.3, -0.25) is 0 Å². The lowest BCUT2D eigenvalue weighted by Gasteiger charge is -2.17. The van der Waals surface area contributed by atoms with Gasteiger partial charge in [0.1, 0.15) is 0 Å². The molecule has 100 valence electrons. The Hall–Kier alpha value is -1.46. The number of benzene rings is 1. The number of hydrogen-bond donors (Lipinski definition) is 1. The van der Waals surface area contributed by atoms with Crippen LogP contribution in [0.15, 0.2) is 41.1 Å². The zero-order chi connectivity index (χ0) is 13.7. The van der Waals surface area contributed by atoms with Crippen molar-refractivity contribution >= 4 is 21.9 Å². The van der Waals surface area contributed by atoms with Crippen LogP contribution in [0.5, 0.6) is 0 Å². The molecule has 19 heavy (non-hydrogen) atoms. The van der Waals surface area contributed by atoms with Crippen molar-refractivity contribution in [2.24, 2.45) is 5.73 Å². The maximum Gasteiger partial charge on any atom is 0.225 e. The van der Waals surface area contributed by atoms with E-state index in [0.717, 1.165) is 29.0 Å². The van der Waals surface area contributed by atoms with Crippen LogP contribution in [0.1, 0.15) is 11.1 Å². The Labute approximate surface area is 121 Å². The number of hydrogen-bond acceptors (Lipinski definition) is 4. The third kappa shape index (κ3) is 4.01.